The van der Waals surface area contributed by atoms with E-state index in [-0.39, 0.29) is 18.2 Å². The molecule has 1 amide bonds. The summed E-state index contributed by atoms with van der Waals surface area (Å²) < 4.78 is 2.89. The van der Waals surface area contributed by atoms with Gasteiger partial charge in [-0.2, -0.15) is 5.10 Å². The van der Waals surface area contributed by atoms with Crippen LogP contribution in [0.3, 0.4) is 0 Å². The summed E-state index contributed by atoms with van der Waals surface area (Å²) in [6, 6.07) is 7.93. The third-order valence-corrected chi connectivity index (χ3v) is 3.95. The minimum Gasteiger partial charge on any atom is -0.292 e. The van der Waals surface area contributed by atoms with Gasteiger partial charge in [0.05, 0.1) is 11.5 Å². The molecule has 0 fully saturated rings. The van der Waals surface area contributed by atoms with Crippen LogP contribution in [0.5, 0.6) is 0 Å². The van der Waals surface area contributed by atoms with Gasteiger partial charge in [-0.15, -0.1) is 5.10 Å². The molecule has 0 atom stereocenters. The highest BCUT2D eigenvalue weighted by Gasteiger charge is 2.18. The van der Waals surface area contributed by atoms with Gasteiger partial charge in [-0.25, -0.2) is 9.67 Å². The number of benzene rings is 1. The summed E-state index contributed by atoms with van der Waals surface area (Å²) in [5.41, 5.74) is 2.43. The minimum atomic E-state index is -0.536. The van der Waals surface area contributed by atoms with E-state index in [9.17, 15) is 14.9 Å². The normalized spacial score (nSPS) is 10.7. The van der Waals surface area contributed by atoms with Crippen molar-refractivity contribution in [3.63, 3.8) is 0 Å². The number of rotatable bonds is 6. The quantitative estimate of drug-likeness (QED) is 0.530. The lowest BCUT2D eigenvalue weighted by molar-refractivity contribution is -0.385. The van der Waals surface area contributed by atoms with E-state index in [0.29, 0.717) is 12.2 Å². The molecule has 3 aromatic rings. The summed E-state index contributed by atoms with van der Waals surface area (Å²) in [6.07, 6.45) is 2.66. The molecule has 0 bridgehead atoms. The van der Waals surface area contributed by atoms with E-state index in [1.807, 2.05) is 31.2 Å². The average molecular weight is 355 g/mol. The number of carbonyl (C=O) groups is 1. The van der Waals surface area contributed by atoms with Gasteiger partial charge < -0.3 is 0 Å². The molecule has 0 aliphatic heterocycles. The van der Waals surface area contributed by atoms with Crippen molar-refractivity contribution in [3.05, 3.63) is 63.7 Å². The molecule has 0 saturated carbocycles. The lowest BCUT2D eigenvalue weighted by Gasteiger charge is -2.05. The Balaban J connectivity index is 1.63. The molecule has 0 aliphatic carbocycles. The fraction of sp³-hybridized carbons (Fsp3) is 0.250. The molecule has 1 aromatic carbocycles. The minimum absolute atomic E-state index is 0.126. The van der Waals surface area contributed by atoms with E-state index in [2.05, 4.69) is 20.5 Å². The van der Waals surface area contributed by atoms with Crippen molar-refractivity contribution in [3.8, 4) is 0 Å². The van der Waals surface area contributed by atoms with Crippen LogP contribution in [0.1, 0.15) is 16.8 Å². The van der Waals surface area contributed by atoms with Gasteiger partial charge in [0.2, 0.25) is 11.9 Å². The van der Waals surface area contributed by atoms with Crippen molar-refractivity contribution < 1.29 is 9.72 Å². The van der Waals surface area contributed by atoms with E-state index >= 15 is 0 Å². The van der Waals surface area contributed by atoms with Crippen LogP contribution in [-0.4, -0.2) is 35.4 Å². The summed E-state index contributed by atoms with van der Waals surface area (Å²) in [4.78, 5) is 26.4. The predicted molar refractivity (Wildman–Crippen MR) is 92.6 cm³/mol. The molecule has 0 radical (unpaired) electrons. The molecule has 0 saturated heterocycles. The zero-order chi connectivity index (χ0) is 18.7. The molecule has 10 heteroatoms. The van der Waals surface area contributed by atoms with Crippen molar-refractivity contribution in [2.24, 2.45) is 0 Å². The number of hydrogen-bond donors (Lipinski definition) is 1. The second-order valence-corrected chi connectivity index (χ2v) is 5.77. The molecule has 134 valence electrons. The van der Waals surface area contributed by atoms with Crippen LogP contribution in [0.25, 0.3) is 0 Å². The van der Waals surface area contributed by atoms with E-state index in [1.165, 1.54) is 17.9 Å². The zero-order valence-corrected chi connectivity index (χ0v) is 14.3. The third-order valence-electron chi connectivity index (χ3n) is 3.95. The van der Waals surface area contributed by atoms with Crippen molar-refractivity contribution in [1.29, 1.82) is 0 Å². The summed E-state index contributed by atoms with van der Waals surface area (Å²) in [5, 5.41) is 21.5. The Bertz CT molecular complexity index is 960. The molecule has 2 aromatic heterocycles. The number of aryl methyl sites for hydroxylation is 1. The van der Waals surface area contributed by atoms with Crippen molar-refractivity contribution in [1.82, 2.24) is 24.5 Å². The van der Waals surface area contributed by atoms with Gasteiger partial charge in [-0.3, -0.25) is 24.9 Å². The van der Waals surface area contributed by atoms with Crippen LogP contribution in [0.4, 0.5) is 11.6 Å². The summed E-state index contributed by atoms with van der Waals surface area (Å²) in [6.45, 7) is 3.93. The smallest absolute Gasteiger partial charge is 0.292 e. The number of hydrogen-bond acceptors (Lipinski definition) is 6. The first-order chi connectivity index (χ1) is 12.4. The molecule has 0 unspecified atom stereocenters. The van der Waals surface area contributed by atoms with E-state index in [0.717, 1.165) is 17.3 Å². The van der Waals surface area contributed by atoms with Crippen LogP contribution in [0.15, 0.2) is 36.8 Å². The second-order valence-electron chi connectivity index (χ2n) is 5.77. The third kappa shape index (κ3) is 3.74. The standard InChI is InChI=1S/C16H17N7O3/c1-11-5-3-4-6-13(11)8-21-10-17-16(20-21)19-15(24)9-22-12(2)14(7-18-22)23(25)26/h3-7,10H,8-9H2,1-2H3,(H,19,20,24). The average Bonchev–Trinajstić information content (AvgIpc) is 3.17. The van der Waals surface area contributed by atoms with Crippen LogP contribution in [0, 0.1) is 24.0 Å². The van der Waals surface area contributed by atoms with E-state index < -0.39 is 10.8 Å². The first-order valence-corrected chi connectivity index (χ1v) is 7.84. The Hall–Kier alpha value is -3.56. The van der Waals surface area contributed by atoms with Crippen molar-refractivity contribution >= 4 is 17.5 Å². The number of amides is 1. The molecule has 26 heavy (non-hydrogen) atoms. The zero-order valence-electron chi connectivity index (χ0n) is 14.3. The Labute approximate surface area is 148 Å². The Morgan fingerprint density at radius 2 is 2.08 bits per heavy atom. The molecule has 0 spiro atoms. The van der Waals surface area contributed by atoms with Gasteiger partial charge in [-0.05, 0) is 25.0 Å². The topological polar surface area (TPSA) is 121 Å². The van der Waals surface area contributed by atoms with Gasteiger partial charge >= 0.3 is 5.69 Å². The van der Waals surface area contributed by atoms with Gasteiger partial charge in [0, 0.05) is 0 Å². The van der Waals surface area contributed by atoms with E-state index in [4.69, 9.17) is 0 Å². The van der Waals surface area contributed by atoms with Gasteiger partial charge in [0.25, 0.3) is 0 Å². The van der Waals surface area contributed by atoms with Crippen LogP contribution in [0.2, 0.25) is 0 Å². The monoisotopic (exact) mass is 355 g/mol. The number of carbonyl (C=O) groups excluding carboxylic acids is 1. The number of aromatic nitrogens is 5. The molecule has 0 aliphatic rings. The maximum Gasteiger partial charge on any atom is 0.309 e. The van der Waals surface area contributed by atoms with Gasteiger partial charge in [-0.1, -0.05) is 24.3 Å². The lowest BCUT2D eigenvalue weighted by atomic mass is 10.1. The first-order valence-electron chi connectivity index (χ1n) is 7.84. The largest absolute Gasteiger partial charge is 0.309 e. The first kappa shape index (κ1) is 17.3. The van der Waals surface area contributed by atoms with E-state index in [1.54, 1.807) is 4.68 Å². The second kappa shape index (κ2) is 7.13. The summed E-state index contributed by atoms with van der Waals surface area (Å²) in [5.74, 6) is -0.248. The highest BCUT2D eigenvalue weighted by Crippen LogP contribution is 2.16. The Morgan fingerprint density at radius 1 is 1.31 bits per heavy atom. The summed E-state index contributed by atoms with van der Waals surface area (Å²) >= 11 is 0. The van der Waals surface area contributed by atoms with Crippen molar-refractivity contribution in [2.75, 3.05) is 5.32 Å². The van der Waals surface area contributed by atoms with Crippen LogP contribution in [-0.2, 0) is 17.9 Å². The summed E-state index contributed by atoms with van der Waals surface area (Å²) in [7, 11) is 0. The molecular weight excluding hydrogens is 338 g/mol. The highest BCUT2D eigenvalue weighted by atomic mass is 16.6. The molecular formula is C16H17N7O3. The SMILES string of the molecule is Cc1ccccc1Cn1cnc(NC(=O)Cn2ncc([N+](=O)[O-])c2C)n1. The molecule has 10 nitrogen and oxygen atoms in total. The number of nitrogens with one attached hydrogen (secondary N) is 1. The maximum absolute atomic E-state index is 12.1. The maximum atomic E-state index is 12.1. The highest BCUT2D eigenvalue weighted by molar-refractivity contribution is 5.88. The Kier molecular flexibility index (Phi) is 4.74. The van der Waals surface area contributed by atoms with Crippen LogP contribution >= 0.6 is 0 Å². The number of anilines is 1. The molecule has 3 rings (SSSR count). The fourth-order valence-corrected chi connectivity index (χ4v) is 2.47. The van der Waals surface area contributed by atoms with Crippen LogP contribution < -0.4 is 5.32 Å². The predicted octanol–water partition coefficient (Wildman–Crippen LogP) is 1.69. The lowest BCUT2D eigenvalue weighted by Crippen LogP contribution is -2.21. The number of nitrogens with zero attached hydrogens (tertiary/aromatic N) is 6. The van der Waals surface area contributed by atoms with Gasteiger partial charge in [0.1, 0.15) is 24.8 Å². The molecule has 1 N–H and O–H groups in total. The fourth-order valence-electron chi connectivity index (χ4n) is 2.47. The molecule has 2 heterocycles. The van der Waals surface area contributed by atoms with Crippen molar-refractivity contribution in [2.45, 2.75) is 26.9 Å². The van der Waals surface area contributed by atoms with Gasteiger partial charge in [0.15, 0.2) is 0 Å². The number of nitro groups is 1. The Morgan fingerprint density at radius 3 is 2.77 bits per heavy atom.